The normalized spacial score (nSPS) is 17.6. The quantitative estimate of drug-likeness (QED) is 0.693. The lowest BCUT2D eigenvalue weighted by Gasteiger charge is -2.02. The predicted molar refractivity (Wildman–Crippen MR) is 52.5 cm³/mol. The molecule has 0 unspecified atom stereocenters. The van der Waals surface area contributed by atoms with Crippen molar-refractivity contribution in [3.05, 3.63) is 0 Å². The van der Waals surface area contributed by atoms with Crippen LogP contribution in [-0.4, -0.2) is 44.4 Å². The Balaban J connectivity index is 2.18. The van der Waals surface area contributed by atoms with Gasteiger partial charge < -0.3 is 5.32 Å². The van der Waals surface area contributed by atoms with Crippen LogP contribution in [0, 0.1) is 0 Å². The Morgan fingerprint density at radius 2 is 2.42 bits per heavy atom. The second kappa shape index (κ2) is 4.13. The zero-order valence-corrected chi connectivity index (χ0v) is 8.54. The molecule has 0 spiro atoms. The molecule has 0 saturated heterocycles. The van der Waals surface area contributed by atoms with E-state index < -0.39 is 9.84 Å². The molecule has 0 aromatic heterocycles. The summed E-state index contributed by atoms with van der Waals surface area (Å²) in [5, 5.41) is 3.85. The lowest BCUT2D eigenvalue weighted by molar-refractivity contribution is 0.600. The molecule has 1 aliphatic heterocycles. The highest BCUT2D eigenvalue weighted by Crippen LogP contribution is 2.08. The molecule has 0 atom stereocenters. The van der Waals surface area contributed by atoms with Crippen LogP contribution in [0.2, 0.25) is 0 Å². The number of thioether (sulfide) groups is 1. The van der Waals surface area contributed by atoms with Crippen molar-refractivity contribution in [3.63, 3.8) is 0 Å². The lowest BCUT2D eigenvalue weighted by Crippen LogP contribution is -2.25. The van der Waals surface area contributed by atoms with Crippen molar-refractivity contribution in [3.8, 4) is 0 Å². The summed E-state index contributed by atoms with van der Waals surface area (Å²) in [5.41, 5.74) is 0. The molecule has 1 heterocycles. The third-order valence-electron chi connectivity index (χ3n) is 1.33. The molecule has 6 heteroatoms. The smallest absolute Gasteiger partial charge is 0.156 e. The summed E-state index contributed by atoms with van der Waals surface area (Å²) in [6.07, 6.45) is 1.23. The van der Waals surface area contributed by atoms with Gasteiger partial charge in [0.2, 0.25) is 0 Å². The Bertz CT molecular complexity index is 271. The number of amidine groups is 1. The Kier molecular flexibility index (Phi) is 3.39. The first kappa shape index (κ1) is 9.85. The first-order valence-corrected chi connectivity index (χ1v) is 6.71. The lowest BCUT2D eigenvalue weighted by atomic mass is 10.7. The van der Waals surface area contributed by atoms with Crippen LogP contribution in [0.3, 0.4) is 0 Å². The minimum absolute atomic E-state index is 0.173. The zero-order chi connectivity index (χ0) is 9.03. The summed E-state index contributed by atoms with van der Waals surface area (Å²) >= 11 is 1.64. The molecule has 0 amide bonds. The fraction of sp³-hybridized carbons (Fsp3) is 0.833. The van der Waals surface area contributed by atoms with Crippen molar-refractivity contribution in [1.29, 1.82) is 0 Å². The van der Waals surface area contributed by atoms with Gasteiger partial charge in [0.25, 0.3) is 0 Å². The van der Waals surface area contributed by atoms with E-state index in [1.165, 1.54) is 6.26 Å². The SMILES string of the molecule is CS(=O)(=O)CCNC1=NCCS1. The van der Waals surface area contributed by atoms with E-state index in [-0.39, 0.29) is 5.75 Å². The van der Waals surface area contributed by atoms with Gasteiger partial charge in [0.05, 0.1) is 12.3 Å². The van der Waals surface area contributed by atoms with Crippen LogP contribution < -0.4 is 5.32 Å². The van der Waals surface area contributed by atoms with Crippen molar-refractivity contribution < 1.29 is 8.42 Å². The maximum absolute atomic E-state index is 10.7. The van der Waals surface area contributed by atoms with E-state index in [0.717, 1.165) is 17.5 Å². The van der Waals surface area contributed by atoms with Crippen LogP contribution in [-0.2, 0) is 9.84 Å². The molecule has 0 bridgehead atoms. The molecule has 70 valence electrons. The fourth-order valence-electron chi connectivity index (χ4n) is 0.785. The average molecular weight is 208 g/mol. The van der Waals surface area contributed by atoms with Crippen LogP contribution in [0.4, 0.5) is 0 Å². The molecule has 1 aliphatic rings. The maximum Gasteiger partial charge on any atom is 0.156 e. The topological polar surface area (TPSA) is 58.5 Å². The highest BCUT2D eigenvalue weighted by Gasteiger charge is 2.07. The highest BCUT2D eigenvalue weighted by atomic mass is 32.2. The standard InChI is InChI=1S/C6H12N2O2S2/c1-12(9,10)5-3-8-6-7-2-4-11-6/h2-5H2,1H3,(H,7,8). The van der Waals surface area contributed by atoms with Crippen molar-refractivity contribution in [2.24, 2.45) is 4.99 Å². The molecule has 1 rings (SSSR count). The summed E-state index contributed by atoms with van der Waals surface area (Å²) in [6, 6.07) is 0. The van der Waals surface area contributed by atoms with Crippen molar-refractivity contribution in [2.45, 2.75) is 0 Å². The van der Waals surface area contributed by atoms with E-state index in [1.807, 2.05) is 0 Å². The molecule has 0 saturated carbocycles. The van der Waals surface area contributed by atoms with E-state index in [1.54, 1.807) is 11.8 Å². The molecule has 0 aliphatic carbocycles. The number of nitrogens with one attached hydrogen (secondary N) is 1. The van der Waals surface area contributed by atoms with E-state index in [9.17, 15) is 8.42 Å². The molecular weight excluding hydrogens is 196 g/mol. The van der Waals surface area contributed by atoms with E-state index >= 15 is 0 Å². The summed E-state index contributed by atoms with van der Waals surface area (Å²) in [4.78, 5) is 4.13. The second-order valence-electron chi connectivity index (χ2n) is 2.59. The Morgan fingerprint density at radius 3 is 2.92 bits per heavy atom. The van der Waals surface area contributed by atoms with Crippen LogP contribution in [0.25, 0.3) is 0 Å². The van der Waals surface area contributed by atoms with Crippen LogP contribution >= 0.6 is 11.8 Å². The average Bonchev–Trinajstić information content (AvgIpc) is 2.36. The van der Waals surface area contributed by atoms with Gasteiger partial charge in [0, 0.05) is 18.6 Å². The Labute approximate surface area is 76.8 Å². The van der Waals surface area contributed by atoms with E-state index in [2.05, 4.69) is 10.3 Å². The Hall–Kier alpha value is -0.230. The number of hydrogen-bond acceptors (Lipinski definition) is 5. The van der Waals surface area contributed by atoms with Crippen LogP contribution in [0.1, 0.15) is 0 Å². The fourth-order valence-corrected chi connectivity index (χ4v) is 2.02. The second-order valence-corrected chi connectivity index (χ2v) is 5.94. The van der Waals surface area contributed by atoms with Gasteiger partial charge in [0.1, 0.15) is 9.84 Å². The van der Waals surface area contributed by atoms with Crippen molar-refractivity contribution >= 4 is 26.8 Å². The van der Waals surface area contributed by atoms with Gasteiger partial charge in [-0.15, -0.1) is 0 Å². The maximum atomic E-state index is 10.7. The van der Waals surface area contributed by atoms with Crippen LogP contribution in [0.15, 0.2) is 4.99 Å². The summed E-state index contributed by atoms with van der Waals surface area (Å²) in [5.74, 6) is 1.17. The zero-order valence-electron chi connectivity index (χ0n) is 6.91. The minimum atomic E-state index is -2.84. The number of rotatable bonds is 3. The molecule has 0 fully saturated rings. The van der Waals surface area contributed by atoms with Gasteiger partial charge in [0.15, 0.2) is 5.17 Å². The first-order valence-electron chi connectivity index (χ1n) is 3.67. The largest absolute Gasteiger partial charge is 0.364 e. The predicted octanol–water partition coefficient (Wildman–Crippen LogP) is -0.277. The van der Waals surface area contributed by atoms with Gasteiger partial charge in [-0.1, -0.05) is 11.8 Å². The third kappa shape index (κ3) is 3.96. The number of hydrogen-bond donors (Lipinski definition) is 1. The van der Waals surface area contributed by atoms with Gasteiger partial charge in [-0.05, 0) is 0 Å². The molecule has 1 N–H and O–H groups in total. The number of aliphatic imine (C=N–C) groups is 1. The number of nitrogens with zero attached hydrogens (tertiary/aromatic N) is 1. The molecule has 0 radical (unpaired) electrons. The third-order valence-corrected chi connectivity index (χ3v) is 3.21. The number of sulfone groups is 1. The summed E-state index contributed by atoms with van der Waals surface area (Å²) in [6.45, 7) is 1.30. The van der Waals surface area contributed by atoms with E-state index in [0.29, 0.717) is 6.54 Å². The van der Waals surface area contributed by atoms with Gasteiger partial charge in [-0.3, -0.25) is 4.99 Å². The first-order chi connectivity index (χ1) is 5.58. The van der Waals surface area contributed by atoms with Gasteiger partial charge >= 0.3 is 0 Å². The molecule has 0 aromatic rings. The summed E-state index contributed by atoms with van der Waals surface area (Å²) < 4.78 is 21.4. The molecular formula is C6H12N2O2S2. The molecule has 0 aromatic carbocycles. The van der Waals surface area contributed by atoms with Crippen molar-refractivity contribution in [2.75, 3.05) is 30.9 Å². The van der Waals surface area contributed by atoms with E-state index in [4.69, 9.17) is 0 Å². The molecule has 12 heavy (non-hydrogen) atoms. The monoisotopic (exact) mass is 208 g/mol. The Morgan fingerprint density at radius 1 is 1.67 bits per heavy atom. The van der Waals surface area contributed by atoms with Crippen molar-refractivity contribution in [1.82, 2.24) is 5.32 Å². The van der Waals surface area contributed by atoms with Gasteiger partial charge in [-0.25, -0.2) is 8.42 Å². The molecule has 4 nitrogen and oxygen atoms in total. The minimum Gasteiger partial charge on any atom is -0.364 e. The summed E-state index contributed by atoms with van der Waals surface area (Å²) in [7, 11) is -2.84. The highest BCUT2D eigenvalue weighted by molar-refractivity contribution is 8.14. The van der Waals surface area contributed by atoms with Gasteiger partial charge in [-0.2, -0.15) is 0 Å². The van der Waals surface area contributed by atoms with Crippen LogP contribution in [0.5, 0.6) is 0 Å².